The molecule has 0 atom stereocenters. The smallest absolute Gasteiger partial charge is 0.213 e. The molecule has 1 heterocycles. The highest BCUT2D eigenvalue weighted by Gasteiger charge is 2.33. The molecule has 2 saturated carbocycles. The zero-order chi connectivity index (χ0) is 19.7. The van der Waals surface area contributed by atoms with Crippen LogP contribution in [0.15, 0.2) is 23.3 Å². The van der Waals surface area contributed by atoms with Crippen molar-refractivity contribution >= 4 is 5.96 Å². The van der Waals surface area contributed by atoms with Crippen LogP contribution in [0.4, 0.5) is 0 Å². The lowest BCUT2D eigenvalue weighted by molar-refractivity contribution is 0.105. The van der Waals surface area contributed by atoms with E-state index in [4.69, 9.17) is 9.47 Å². The first kappa shape index (κ1) is 20.9. The summed E-state index contributed by atoms with van der Waals surface area (Å²) in [5, 5.41) is 6.94. The van der Waals surface area contributed by atoms with E-state index < -0.39 is 0 Å². The first-order valence-corrected chi connectivity index (χ1v) is 10.8. The fourth-order valence-corrected chi connectivity index (χ4v) is 3.84. The minimum Gasteiger partial charge on any atom is -0.477 e. The third-order valence-corrected chi connectivity index (χ3v) is 5.92. The number of nitrogens with zero attached hydrogens (tertiary/aromatic N) is 2. The lowest BCUT2D eigenvalue weighted by Gasteiger charge is -2.30. The van der Waals surface area contributed by atoms with Crippen LogP contribution in [0.3, 0.4) is 0 Å². The summed E-state index contributed by atoms with van der Waals surface area (Å²) in [5.41, 5.74) is 1.46. The highest BCUT2D eigenvalue weighted by atomic mass is 16.5. The Morgan fingerprint density at radius 3 is 2.71 bits per heavy atom. The van der Waals surface area contributed by atoms with Crippen LogP contribution in [0.2, 0.25) is 0 Å². The topological polar surface area (TPSA) is 67.8 Å². The summed E-state index contributed by atoms with van der Waals surface area (Å²) in [6.07, 6.45) is 10.8. The largest absolute Gasteiger partial charge is 0.477 e. The Hall–Kier alpha value is -1.82. The number of pyridine rings is 1. The lowest BCUT2D eigenvalue weighted by atomic mass is 9.83. The summed E-state index contributed by atoms with van der Waals surface area (Å²) in [7, 11) is 1.82. The average Bonchev–Trinajstić information content (AvgIpc) is 3.45. The Balaban J connectivity index is 1.42. The van der Waals surface area contributed by atoms with Crippen molar-refractivity contribution in [2.45, 2.75) is 58.4 Å². The molecule has 1 aromatic rings. The number of aromatic nitrogens is 1. The molecular formula is C22H36N4O2. The van der Waals surface area contributed by atoms with Crippen molar-refractivity contribution in [2.24, 2.45) is 16.3 Å². The molecule has 0 bridgehead atoms. The van der Waals surface area contributed by atoms with Crippen LogP contribution in [-0.2, 0) is 11.3 Å². The monoisotopic (exact) mass is 388 g/mol. The molecule has 0 aromatic carbocycles. The van der Waals surface area contributed by atoms with Gasteiger partial charge in [-0.2, -0.15) is 0 Å². The molecule has 2 aliphatic carbocycles. The number of hydrogen-bond acceptors (Lipinski definition) is 4. The van der Waals surface area contributed by atoms with Crippen molar-refractivity contribution < 1.29 is 9.47 Å². The summed E-state index contributed by atoms with van der Waals surface area (Å²) in [6, 6.07) is 4.02. The molecule has 0 spiro atoms. The molecule has 2 aliphatic rings. The number of guanidine groups is 1. The van der Waals surface area contributed by atoms with E-state index in [1.165, 1.54) is 38.5 Å². The molecule has 0 aliphatic heterocycles. The SMILES string of the molecule is CCOCCC1(CNC(=NC)NCc2ccc(OCC3CC3)nc2)CCCC1. The van der Waals surface area contributed by atoms with Gasteiger partial charge in [0.15, 0.2) is 5.96 Å². The molecule has 0 amide bonds. The molecule has 3 rings (SSSR count). The molecule has 2 fully saturated rings. The second kappa shape index (κ2) is 10.6. The van der Waals surface area contributed by atoms with Crippen molar-refractivity contribution in [3.63, 3.8) is 0 Å². The summed E-state index contributed by atoms with van der Waals surface area (Å²) in [4.78, 5) is 8.79. The summed E-state index contributed by atoms with van der Waals surface area (Å²) >= 11 is 0. The summed E-state index contributed by atoms with van der Waals surface area (Å²) in [5.74, 6) is 2.31. The maximum atomic E-state index is 5.70. The quantitative estimate of drug-likeness (QED) is 0.345. The van der Waals surface area contributed by atoms with Gasteiger partial charge in [0.05, 0.1) is 6.61 Å². The van der Waals surface area contributed by atoms with Gasteiger partial charge in [0.1, 0.15) is 0 Å². The third kappa shape index (κ3) is 6.66. The second-order valence-corrected chi connectivity index (χ2v) is 8.19. The van der Waals surface area contributed by atoms with E-state index in [1.54, 1.807) is 0 Å². The summed E-state index contributed by atoms with van der Waals surface area (Å²) in [6.45, 7) is 6.15. The number of hydrogen-bond donors (Lipinski definition) is 2. The fourth-order valence-electron chi connectivity index (χ4n) is 3.84. The first-order valence-electron chi connectivity index (χ1n) is 10.8. The molecule has 0 saturated heterocycles. The van der Waals surface area contributed by atoms with Gasteiger partial charge in [-0.05, 0) is 55.9 Å². The molecule has 2 N–H and O–H groups in total. The van der Waals surface area contributed by atoms with Gasteiger partial charge in [0.2, 0.25) is 5.88 Å². The predicted molar refractivity (Wildman–Crippen MR) is 113 cm³/mol. The van der Waals surface area contributed by atoms with E-state index >= 15 is 0 Å². The Morgan fingerprint density at radius 2 is 2.07 bits per heavy atom. The molecular weight excluding hydrogens is 352 g/mol. The van der Waals surface area contributed by atoms with Crippen molar-refractivity contribution in [3.05, 3.63) is 23.9 Å². The van der Waals surface area contributed by atoms with Gasteiger partial charge in [-0.1, -0.05) is 18.9 Å². The number of nitrogens with one attached hydrogen (secondary N) is 2. The van der Waals surface area contributed by atoms with Gasteiger partial charge in [-0.3, -0.25) is 4.99 Å². The Bertz CT molecular complexity index is 607. The minimum atomic E-state index is 0.342. The maximum Gasteiger partial charge on any atom is 0.213 e. The summed E-state index contributed by atoms with van der Waals surface area (Å²) < 4.78 is 11.3. The first-order chi connectivity index (χ1) is 13.7. The molecule has 28 heavy (non-hydrogen) atoms. The predicted octanol–water partition coefficient (Wildman–Crippen LogP) is 3.52. The van der Waals surface area contributed by atoms with Crippen LogP contribution in [-0.4, -0.2) is 44.4 Å². The third-order valence-electron chi connectivity index (χ3n) is 5.92. The maximum absolute atomic E-state index is 5.70. The molecule has 156 valence electrons. The lowest BCUT2D eigenvalue weighted by Crippen LogP contribution is -2.43. The van der Waals surface area contributed by atoms with Gasteiger partial charge in [-0.15, -0.1) is 0 Å². The standard InChI is InChI=1S/C22H36N4O2/c1-3-27-13-12-22(10-4-5-11-22)17-26-21(23-2)25-15-19-8-9-20(24-14-19)28-16-18-6-7-18/h8-9,14,18H,3-7,10-13,15-17H2,1-2H3,(H2,23,25,26). The fraction of sp³-hybridized carbons (Fsp3) is 0.727. The van der Waals surface area contributed by atoms with Crippen LogP contribution < -0.4 is 15.4 Å². The van der Waals surface area contributed by atoms with E-state index in [-0.39, 0.29) is 0 Å². The van der Waals surface area contributed by atoms with Crippen LogP contribution in [0, 0.1) is 11.3 Å². The second-order valence-electron chi connectivity index (χ2n) is 8.19. The average molecular weight is 389 g/mol. The zero-order valence-corrected chi connectivity index (χ0v) is 17.5. The molecule has 0 radical (unpaired) electrons. The molecule has 6 heteroatoms. The normalized spacial score (nSPS) is 18.9. The van der Waals surface area contributed by atoms with E-state index in [2.05, 4.69) is 33.6 Å². The minimum absolute atomic E-state index is 0.342. The van der Waals surface area contributed by atoms with Gasteiger partial charge >= 0.3 is 0 Å². The number of ether oxygens (including phenoxy) is 2. The van der Waals surface area contributed by atoms with Gasteiger partial charge < -0.3 is 20.1 Å². The molecule has 1 aromatic heterocycles. The van der Waals surface area contributed by atoms with Crippen molar-refractivity contribution in [2.75, 3.05) is 33.4 Å². The van der Waals surface area contributed by atoms with Gasteiger partial charge in [0.25, 0.3) is 0 Å². The molecule has 6 nitrogen and oxygen atoms in total. The van der Waals surface area contributed by atoms with Crippen LogP contribution >= 0.6 is 0 Å². The molecule has 0 unspecified atom stereocenters. The van der Waals surface area contributed by atoms with Crippen molar-refractivity contribution in [3.8, 4) is 5.88 Å². The number of aliphatic imine (C=N–C) groups is 1. The number of rotatable bonds is 11. The Morgan fingerprint density at radius 1 is 1.25 bits per heavy atom. The van der Waals surface area contributed by atoms with Crippen LogP contribution in [0.25, 0.3) is 0 Å². The Labute approximate surface area is 169 Å². The highest BCUT2D eigenvalue weighted by Crippen LogP contribution is 2.40. The van der Waals surface area contributed by atoms with Crippen molar-refractivity contribution in [1.29, 1.82) is 0 Å². The van der Waals surface area contributed by atoms with Crippen LogP contribution in [0.1, 0.15) is 57.4 Å². The van der Waals surface area contributed by atoms with E-state index in [0.29, 0.717) is 12.0 Å². The van der Waals surface area contributed by atoms with E-state index in [0.717, 1.165) is 56.1 Å². The van der Waals surface area contributed by atoms with Crippen LogP contribution in [0.5, 0.6) is 5.88 Å². The van der Waals surface area contributed by atoms with Gasteiger partial charge in [-0.25, -0.2) is 4.98 Å². The van der Waals surface area contributed by atoms with Crippen molar-refractivity contribution in [1.82, 2.24) is 15.6 Å². The Kier molecular flexibility index (Phi) is 7.95. The van der Waals surface area contributed by atoms with Gasteiger partial charge in [0, 0.05) is 45.6 Å². The van der Waals surface area contributed by atoms with E-state index in [1.807, 2.05) is 19.3 Å². The van der Waals surface area contributed by atoms with E-state index in [9.17, 15) is 0 Å². The highest BCUT2D eigenvalue weighted by molar-refractivity contribution is 5.79. The zero-order valence-electron chi connectivity index (χ0n) is 17.5.